The van der Waals surface area contributed by atoms with E-state index in [1.165, 1.54) is 54.6 Å². The molecule has 0 unspecified atom stereocenters. The van der Waals surface area contributed by atoms with Crippen LogP contribution in [0.4, 0.5) is 4.39 Å². The third kappa shape index (κ3) is 3.82. The van der Waals surface area contributed by atoms with Gasteiger partial charge in [0, 0.05) is 28.1 Å². The van der Waals surface area contributed by atoms with Gasteiger partial charge in [-0.05, 0) is 54.6 Å². The Labute approximate surface area is 164 Å². The lowest BCUT2D eigenvalue weighted by Gasteiger charge is -2.08. The van der Waals surface area contributed by atoms with Crippen LogP contribution in [0.3, 0.4) is 0 Å². The molecule has 0 radical (unpaired) electrons. The first-order valence-corrected chi connectivity index (χ1v) is 8.76. The number of ether oxygens (including phenoxy) is 1. The van der Waals surface area contributed by atoms with Crippen molar-refractivity contribution in [2.45, 2.75) is 0 Å². The highest BCUT2D eigenvalue weighted by Crippen LogP contribution is 2.20. The summed E-state index contributed by atoms with van der Waals surface area (Å²) in [6.45, 7) is 0. The molecule has 1 heterocycles. The van der Waals surface area contributed by atoms with Crippen molar-refractivity contribution in [2.24, 2.45) is 0 Å². The Morgan fingerprint density at radius 2 is 1.45 bits per heavy atom. The van der Waals surface area contributed by atoms with E-state index < -0.39 is 17.3 Å². The molecule has 3 aromatic carbocycles. The van der Waals surface area contributed by atoms with Crippen LogP contribution in [0.5, 0.6) is 5.75 Å². The summed E-state index contributed by atoms with van der Waals surface area (Å²) in [5.74, 6) is -1.14. The van der Waals surface area contributed by atoms with Crippen molar-refractivity contribution in [3.63, 3.8) is 0 Å². The number of carbonyl (C=O) groups is 2. The number of halogens is 1. The Balaban J connectivity index is 1.56. The second-order valence-electron chi connectivity index (χ2n) is 6.34. The Kier molecular flexibility index (Phi) is 4.75. The zero-order valence-electron chi connectivity index (χ0n) is 15.0. The van der Waals surface area contributed by atoms with Crippen molar-refractivity contribution >= 4 is 22.7 Å². The van der Waals surface area contributed by atoms with Crippen LogP contribution in [0.2, 0.25) is 0 Å². The summed E-state index contributed by atoms with van der Waals surface area (Å²) in [5, 5.41) is 0.570. The molecule has 0 atom stereocenters. The molecule has 1 aromatic heterocycles. The van der Waals surface area contributed by atoms with Crippen LogP contribution in [-0.4, -0.2) is 16.7 Å². The van der Waals surface area contributed by atoms with Gasteiger partial charge in [0.05, 0.1) is 5.56 Å². The summed E-state index contributed by atoms with van der Waals surface area (Å²) in [6.07, 6.45) is 0. The van der Waals surface area contributed by atoms with Crippen LogP contribution in [0.25, 0.3) is 10.9 Å². The Morgan fingerprint density at radius 1 is 0.828 bits per heavy atom. The van der Waals surface area contributed by atoms with E-state index in [1.807, 2.05) is 0 Å². The van der Waals surface area contributed by atoms with Crippen molar-refractivity contribution in [2.75, 3.05) is 0 Å². The number of fused-ring (bicyclic) bond motifs is 1. The number of carbonyl (C=O) groups excluding carboxylic acids is 2. The second kappa shape index (κ2) is 7.52. The Bertz CT molecular complexity index is 1280. The smallest absolute Gasteiger partial charge is 0.344 e. The molecule has 5 nitrogen and oxygen atoms in total. The number of benzene rings is 3. The standard InChI is InChI=1S/C23H14FNO4/c24-16-9-5-14(6-10-16)22(27)15-7-11-17(12-8-15)29-23(28)19-13-21(26)25-20-4-2-1-3-18(19)20/h1-13H,(H,25,26). The van der Waals surface area contributed by atoms with E-state index in [-0.39, 0.29) is 17.1 Å². The molecule has 6 heteroatoms. The zero-order valence-corrected chi connectivity index (χ0v) is 15.0. The van der Waals surface area contributed by atoms with Gasteiger partial charge in [-0.3, -0.25) is 9.59 Å². The Morgan fingerprint density at radius 3 is 2.14 bits per heavy atom. The van der Waals surface area contributed by atoms with Gasteiger partial charge >= 0.3 is 5.97 Å². The summed E-state index contributed by atoms with van der Waals surface area (Å²) >= 11 is 0. The number of H-pyrrole nitrogens is 1. The van der Waals surface area contributed by atoms with Gasteiger partial charge in [0.25, 0.3) is 0 Å². The average molecular weight is 387 g/mol. The third-order valence-electron chi connectivity index (χ3n) is 4.40. The number of aromatic nitrogens is 1. The van der Waals surface area contributed by atoms with Crippen LogP contribution < -0.4 is 10.3 Å². The minimum Gasteiger partial charge on any atom is -0.423 e. The molecule has 0 aliphatic heterocycles. The predicted molar refractivity (Wildman–Crippen MR) is 106 cm³/mol. The Hall–Kier alpha value is -4.06. The van der Waals surface area contributed by atoms with Gasteiger partial charge in [0.1, 0.15) is 11.6 Å². The topological polar surface area (TPSA) is 76.2 Å². The highest BCUT2D eigenvalue weighted by Gasteiger charge is 2.15. The molecule has 0 saturated heterocycles. The SMILES string of the molecule is O=C(c1ccc(F)cc1)c1ccc(OC(=O)c2cc(=O)[nH]c3ccccc23)cc1. The van der Waals surface area contributed by atoms with Gasteiger partial charge in [-0.2, -0.15) is 0 Å². The molecule has 29 heavy (non-hydrogen) atoms. The summed E-state index contributed by atoms with van der Waals surface area (Å²) in [5.41, 5.74) is 1.00. The highest BCUT2D eigenvalue weighted by molar-refractivity contribution is 6.09. The third-order valence-corrected chi connectivity index (χ3v) is 4.40. The molecule has 0 aliphatic rings. The van der Waals surface area contributed by atoms with Crippen molar-refractivity contribution in [1.29, 1.82) is 0 Å². The molecule has 4 rings (SSSR count). The predicted octanol–water partition coefficient (Wildman–Crippen LogP) is 4.12. The minimum absolute atomic E-state index is 0.149. The highest BCUT2D eigenvalue weighted by atomic mass is 19.1. The maximum atomic E-state index is 13.0. The normalized spacial score (nSPS) is 10.7. The fourth-order valence-corrected chi connectivity index (χ4v) is 2.98. The van der Waals surface area contributed by atoms with Gasteiger partial charge in [-0.25, -0.2) is 9.18 Å². The molecule has 1 N–H and O–H groups in total. The lowest BCUT2D eigenvalue weighted by Crippen LogP contribution is -2.15. The van der Waals surface area contributed by atoms with Gasteiger partial charge in [0.15, 0.2) is 5.78 Å². The number of para-hydroxylation sites is 1. The van der Waals surface area contributed by atoms with Crippen LogP contribution in [-0.2, 0) is 0 Å². The summed E-state index contributed by atoms with van der Waals surface area (Å²) in [6, 6.07) is 19.4. The second-order valence-corrected chi connectivity index (χ2v) is 6.34. The molecule has 4 aromatic rings. The number of hydrogen-bond acceptors (Lipinski definition) is 4. The lowest BCUT2D eigenvalue weighted by atomic mass is 10.0. The van der Waals surface area contributed by atoms with Crippen LogP contribution in [0.15, 0.2) is 83.7 Å². The zero-order chi connectivity index (χ0) is 20.4. The number of aromatic amines is 1. The number of rotatable bonds is 4. The molecule has 0 amide bonds. The fourth-order valence-electron chi connectivity index (χ4n) is 2.98. The largest absolute Gasteiger partial charge is 0.423 e. The van der Waals surface area contributed by atoms with Crippen molar-refractivity contribution in [3.05, 3.63) is 112 Å². The molecular formula is C23H14FNO4. The molecule has 142 valence electrons. The number of pyridine rings is 1. The van der Waals surface area contributed by atoms with Gasteiger partial charge in [-0.1, -0.05) is 18.2 Å². The maximum absolute atomic E-state index is 13.0. The van der Waals surface area contributed by atoms with E-state index in [1.54, 1.807) is 24.3 Å². The first kappa shape index (κ1) is 18.3. The van der Waals surface area contributed by atoms with Crippen LogP contribution in [0.1, 0.15) is 26.3 Å². The quantitative estimate of drug-likeness (QED) is 0.325. The molecule has 0 saturated carbocycles. The molecular weight excluding hydrogens is 373 g/mol. The number of nitrogens with one attached hydrogen (secondary N) is 1. The summed E-state index contributed by atoms with van der Waals surface area (Å²) < 4.78 is 18.4. The molecule has 0 spiro atoms. The maximum Gasteiger partial charge on any atom is 0.344 e. The van der Waals surface area contributed by atoms with E-state index in [4.69, 9.17) is 4.74 Å². The number of hydrogen-bond donors (Lipinski definition) is 1. The minimum atomic E-state index is -0.676. The number of esters is 1. The lowest BCUT2D eigenvalue weighted by molar-refractivity contribution is 0.0736. The average Bonchev–Trinajstić information content (AvgIpc) is 2.73. The van der Waals surface area contributed by atoms with Gasteiger partial charge in [0.2, 0.25) is 5.56 Å². The molecule has 0 fully saturated rings. The van der Waals surface area contributed by atoms with E-state index in [2.05, 4.69) is 4.98 Å². The van der Waals surface area contributed by atoms with E-state index in [9.17, 15) is 18.8 Å². The summed E-state index contributed by atoms with van der Waals surface area (Å²) in [7, 11) is 0. The van der Waals surface area contributed by atoms with Gasteiger partial charge < -0.3 is 9.72 Å². The van der Waals surface area contributed by atoms with E-state index in [0.717, 1.165) is 0 Å². The number of ketones is 1. The van der Waals surface area contributed by atoms with Crippen molar-refractivity contribution in [1.82, 2.24) is 4.98 Å². The molecule has 0 aliphatic carbocycles. The van der Waals surface area contributed by atoms with Crippen LogP contribution >= 0.6 is 0 Å². The van der Waals surface area contributed by atoms with Crippen LogP contribution in [0, 0.1) is 5.82 Å². The summed E-state index contributed by atoms with van der Waals surface area (Å²) in [4.78, 5) is 39.5. The monoisotopic (exact) mass is 387 g/mol. The first-order valence-electron chi connectivity index (χ1n) is 8.76. The van der Waals surface area contributed by atoms with Crippen molar-refractivity contribution in [3.8, 4) is 5.75 Å². The van der Waals surface area contributed by atoms with E-state index >= 15 is 0 Å². The van der Waals surface area contributed by atoms with E-state index in [0.29, 0.717) is 22.0 Å². The van der Waals surface area contributed by atoms with Gasteiger partial charge in [-0.15, -0.1) is 0 Å². The first-order chi connectivity index (χ1) is 14.0. The van der Waals surface area contributed by atoms with Crippen molar-refractivity contribution < 1.29 is 18.7 Å². The molecule has 0 bridgehead atoms. The fraction of sp³-hybridized carbons (Fsp3) is 0.